The number of ether oxygens (including phenoxy) is 2. The normalized spacial score (nSPS) is 53.4. The van der Waals surface area contributed by atoms with Crippen molar-refractivity contribution in [3.8, 4) is 0 Å². The molecule has 1 aliphatic heterocycles. The molecule has 4 rings (SSSR count). The molecule has 0 aromatic heterocycles. The maximum Gasteiger partial charge on any atom is 0.186 e. The third-order valence-electron chi connectivity index (χ3n) is 9.69. The summed E-state index contributed by atoms with van der Waals surface area (Å²) in [6.45, 7) is 9.87. The fourth-order valence-electron chi connectivity index (χ4n) is 7.29. The Kier molecular flexibility index (Phi) is 7.12. The van der Waals surface area contributed by atoms with Crippen molar-refractivity contribution in [1.82, 2.24) is 0 Å². The van der Waals surface area contributed by atoms with Crippen LogP contribution in [0.1, 0.15) is 52.9 Å². The number of allylic oxidation sites excluding steroid dienone is 2. The van der Waals surface area contributed by atoms with Crippen molar-refractivity contribution in [2.24, 2.45) is 28.1 Å². The molecular weight excluding hydrogens is 440 g/mol. The van der Waals surface area contributed by atoms with Gasteiger partial charge in [-0.05, 0) is 54.9 Å². The summed E-state index contributed by atoms with van der Waals surface area (Å²) in [4.78, 5) is 0. The molecule has 3 fully saturated rings. The third kappa shape index (κ3) is 4.10. The molecule has 0 spiro atoms. The zero-order valence-corrected chi connectivity index (χ0v) is 20.5. The van der Waals surface area contributed by atoms with Gasteiger partial charge >= 0.3 is 0 Å². The van der Waals surface area contributed by atoms with Gasteiger partial charge in [-0.3, -0.25) is 0 Å². The molecule has 4 aliphatic rings. The van der Waals surface area contributed by atoms with Crippen LogP contribution in [0.25, 0.3) is 0 Å². The molecule has 8 nitrogen and oxygen atoms in total. The van der Waals surface area contributed by atoms with Crippen LogP contribution in [0.15, 0.2) is 24.3 Å². The monoisotopic (exact) mass is 482 g/mol. The minimum absolute atomic E-state index is 0.0416. The second-order valence-electron chi connectivity index (χ2n) is 11.8. The number of fused-ring (bicyclic) bond motifs is 3. The molecule has 2 saturated carbocycles. The standard InChI is InChI=1S/C26H42O8/c1-5-24(2)8-6-15-14(11-24)16(28)10-18-25(15,3)9-7-19(29)26(18,4)13-33-23-22(32)21(31)20(30)17(12-27)34-23/h5,11,15-23,27-32H,1,6-10,12-13H2,2-4H3/t15-,16+,17+,18+,19-,20+,21+,22-,23+,24-,25+,26+/m0/s1. The fraction of sp³-hybridized carbons (Fsp3) is 0.846. The highest BCUT2D eigenvalue weighted by Gasteiger charge is 2.61. The number of aliphatic hydroxyl groups excluding tert-OH is 6. The molecule has 0 aromatic carbocycles. The molecule has 1 heterocycles. The third-order valence-corrected chi connectivity index (χ3v) is 9.69. The van der Waals surface area contributed by atoms with Gasteiger partial charge in [0.1, 0.15) is 24.4 Å². The molecule has 8 heteroatoms. The summed E-state index contributed by atoms with van der Waals surface area (Å²) in [5, 5.41) is 62.4. The van der Waals surface area contributed by atoms with Crippen LogP contribution in [0.3, 0.4) is 0 Å². The lowest BCUT2D eigenvalue weighted by Crippen LogP contribution is -2.62. The number of hydrogen-bond donors (Lipinski definition) is 6. The summed E-state index contributed by atoms with van der Waals surface area (Å²) in [6.07, 6.45) is -0.0495. The molecule has 0 bridgehead atoms. The zero-order chi connectivity index (χ0) is 25.1. The largest absolute Gasteiger partial charge is 0.394 e. The first-order chi connectivity index (χ1) is 15.9. The molecule has 194 valence electrons. The van der Waals surface area contributed by atoms with Crippen LogP contribution in [0.2, 0.25) is 0 Å². The lowest BCUT2D eigenvalue weighted by atomic mass is 9.44. The Hall–Kier alpha value is -0.840. The molecule has 0 unspecified atom stereocenters. The molecule has 34 heavy (non-hydrogen) atoms. The number of aliphatic hydroxyl groups is 6. The van der Waals surface area contributed by atoms with Gasteiger partial charge in [0, 0.05) is 10.8 Å². The summed E-state index contributed by atoms with van der Waals surface area (Å²) in [5.74, 6) is 0.159. The Morgan fingerprint density at radius 2 is 1.76 bits per heavy atom. The van der Waals surface area contributed by atoms with E-state index in [1.807, 2.05) is 13.0 Å². The van der Waals surface area contributed by atoms with Crippen LogP contribution >= 0.6 is 0 Å². The maximum atomic E-state index is 11.2. The van der Waals surface area contributed by atoms with E-state index in [1.54, 1.807) is 0 Å². The molecule has 1 saturated heterocycles. The topological polar surface area (TPSA) is 140 Å². The van der Waals surface area contributed by atoms with E-state index in [9.17, 15) is 30.6 Å². The Morgan fingerprint density at radius 1 is 1.06 bits per heavy atom. The van der Waals surface area contributed by atoms with Crippen molar-refractivity contribution in [3.05, 3.63) is 24.3 Å². The number of hydrogen-bond acceptors (Lipinski definition) is 8. The molecule has 0 radical (unpaired) electrons. The van der Waals surface area contributed by atoms with Gasteiger partial charge in [0.05, 0.1) is 25.4 Å². The summed E-state index contributed by atoms with van der Waals surface area (Å²) in [7, 11) is 0. The van der Waals surface area contributed by atoms with E-state index in [0.29, 0.717) is 12.8 Å². The highest BCUT2D eigenvalue weighted by atomic mass is 16.7. The van der Waals surface area contributed by atoms with Crippen molar-refractivity contribution < 1.29 is 40.1 Å². The van der Waals surface area contributed by atoms with Crippen molar-refractivity contribution in [3.63, 3.8) is 0 Å². The Bertz CT molecular complexity index is 800. The van der Waals surface area contributed by atoms with Crippen LogP contribution in [0, 0.1) is 28.1 Å². The van der Waals surface area contributed by atoms with Crippen LogP contribution in [0.5, 0.6) is 0 Å². The smallest absolute Gasteiger partial charge is 0.186 e. The van der Waals surface area contributed by atoms with E-state index in [4.69, 9.17) is 9.47 Å². The van der Waals surface area contributed by atoms with Gasteiger partial charge in [-0.15, -0.1) is 6.58 Å². The molecule has 6 N–H and O–H groups in total. The van der Waals surface area contributed by atoms with Gasteiger partial charge in [0.2, 0.25) is 0 Å². The second kappa shape index (κ2) is 9.23. The van der Waals surface area contributed by atoms with Crippen molar-refractivity contribution >= 4 is 0 Å². The quantitative estimate of drug-likeness (QED) is 0.318. The molecule has 3 aliphatic carbocycles. The molecule has 0 aromatic rings. The van der Waals surface area contributed by atoms with Crippen molar-refractivity contribution in [1.29, 1.82) is 0 Å². The lowest BCUT2D eigenvalue weighted by Gasteiger charge is -2.62. The van der Waals surface area contributed by atoms with Gasteiger partial charge in [-0.25, -0.2) is 0 Å². The Balaban J connectivity index is 1.58. The number of rotatable bonds is 5. The van der Waals surface area contributed by atoms with E-state index >= 15 is 0 Å². The van der Waals surface area contributed by atoms with Gasteiger partial charge in [-0.2, -0.15) is 0 Å². The molecular formula is C26H42O8. The summed E-state index contributed by atoms with van der Waals surface area (Å²) < 4.78 is 11.5. The van der Waals surface area contributed by atoms with Crippen LogP contribution in [0.4, 0.5) is 0 Å². The van der Waals surface area contributed by atoms with E-state index in [-0.39, 0.29) is 29.3 Å². The van der Waals surface area contributed by atoms with Gasteiger partial charge in [0.15, 0.2) is 6.29 Å². The van der Waals surface area contributed by atoms with Crippen LogP contribution in [-0.4, -0.2) is 86.8 Å². The highest BCUT2D eigenvalue weighted by molar-refractivity contribution is 5.30. The predicted molar refractivity (Wildman–Crippen MR) is 124 cm³/mol. The minimum Gasteiger partial charge on any atom is -0.394 e. The van der Waals surface area contributed by atoms with Crippen LogP contribution in [-0.2, 0) is 9.47 Å². The predicted octanol–water partition coefficient (Wildman–Crippen LogP) is 0.880. The minimum atomic E-state index is -1.52. The first kappa shape index (κ1) is 26.2. The van der Waals surface area contributed by atoms with Gasteiger partial charge in [0.25, 0.3) is 0 Å². The first-order valence-electron chi connectivity index (χ1n) is 12.5. The Labute approximate surface area is 201 Å². The van der Waals surface area contributed by atoms with E-state index in [2.05, 4.69) is 26.5 Å². The second-order valence-corrected chi connectivity index (χ2v) is 11.8. The van der Waals surface area contributed by atoms with E-state index in [1.165, 1.54) is 0 Å². The average Bonchev–Trinajstić information content (AvgIpc) is 2.82. The average molecular weight is 483 g/mol. The molecule has 0 amide bonds. The van der Waals surface area contributed by atoms with Gasteiger partial charge in [-0.1, -0.05) is 32.9 Å². The summed E-state index contributed by atoms with van der Waals surface area (Å²) in [6, 6.07) is 0. The van der Waals surface area contributed by atoms with Crippen LogP contribution < -0.4 is 0 Å². The van der Waals surface area contributed by atoms with Crippen molar-refractivity contribution in [2.45, 2.75) is 95.8 Å². The summed E-state index contributed by atoms with van der Waals surface area (Å²) in [5.41, 5.74) is 0.0957. The SMILES string of the molecule is C=C[C@]1(C)C=C2[C@H](O)C[C@@H]3[C@](C)(CC[C@H](O)[C@]3(C)CO[C@@H]3O[C@H](CO)[C@@H](O)[C@@H](O)[C@@H]3O)[C@H]2CC1. The summed E-state index contributed by atoms with van der Waals surface area (Å²) >= 11 is 0. The van der Waals surface area contributed by atoms with Gasteiger partial charge < -0.3 is 40.1 Å². The lowest BCUT2D eigenvalue weighted by molar-refractivity contribution is -0.313. The van der Waals surface area contributed by atoms with E-state index in [0.717, 1.165) is 24.8 Å². The zero-order valence-electron chi connectivity index (χ0n) is 20.5. The first-order valence-corrected chi connectivity index (χ1v) is 12.5. The highest BCUT2D eigenvalue weighted by Crippen LogP contribution is 2.64. The Morgan fingerprint density at radius 3 is 2.41 bits per heavy atom. The fourth-order valence-corrected chi connectivity index (χ4v) is 7.29. The molecule has 12 atom stereocenters. The van der Waals surface area contributed by atoms with Crippen molar-refractivity contribution in [2.75, 3.05) is 13.2 Å². The van der Waals surface area contributed by atoms with E-state index < -0.39 is 54.9 Å². The maximum absolute atomic E-state index is 11.2.